The zero-order chi connectivity index (χ0) is 21.0. The Labute approximate surface area is 173 Å². The number of rotatable bonds is 3. The van der Waals surface area contributed by atoms with Crippen molar-refractivity contribution >= 4 is 33.0 Å². The van der Waals surface area contributed by atoms with E-state index in [9.17, 15) is 18.5 Å². The lowest BCUT2D eigenvalue weighted by molar-refractivity contribution is 0.0748. The molecule has 4 rings (SSSR count). The monoisotopic (exact) mass is 437 g/mol. The second-order valence-corrected chi connectivity index (χ2v) is 11.0. The summed E-state index contributed by atoms with van der Waals surface area (Å²) in [7, 11) is -3.78. The molecule has 9 heteroatoms. The Morgan fingerprint density at radius 3 is 2.34 bits per heavy atom. The van der Waals surface area contributed by atoms with Gasteiger partial charge in [-0.25, -0.2) is 18.5 Å². The van der Waals surface area contributed by atoms with Crippen LogP contribution in [0.4, 0.5) is 14.9 Å². The van der Waals surface area contributed by atoms with Crippen LogP contribution in [0.3, 0.4) is 0 Å². The van der Waals surface area contributed by atoms with Crippen LogP contribution in [0.25, 0.3) is 0 Å². The van der Waals surface area contributed by atoms with Crippen LogP contribution in [0.15, 0.2) is 20.0 Å². The van der Waals surface area contributed by atoms with Crippen LogP contribution < -0.4 is 10.5 Å². The molecule has 0 fully saturated rings. The van der Waals surface area contributed by atoms with Crippen LogP contribution in [0, 0.1) is 5.82 Å². The van der Waals surface area contributed by atoms with Crippen molar-refractivity contribution in [3.05, 3.63) is 45.1 Å². The fourth-order valence-electron chi connectivity index (χ4n) is 4.20. The number of amides is 2. The van der Waals surface area contributed by atoms with Gasteiger partial charge in [0.15, 0.2) is 19.9 Å². The number of carbonyl (C=O) groups is 1. The summed E-state index contributed by atoms with van der Waals surface area (Å²) in [5.74, 6) is -0.881. The number of carbonyl (C=O) groups excluding carboxylic acids is 1. The summed E-state index contributed by atoms with van der Waals surface area (Å²) in [6.45, 7) is 2.83. The van der Waals surface area contributed by atoms with Crippen LogP contribution >= 0.6 is 11.3 Å². The van der Waals surface area contributed by atoms with Crippen molar-refractivity contribution in [3.63, 3.8) is 0 Å². The number of hydrogen-bond donors (Lipinski definition) is 3. The van der Waals surface area contributed by atoms with Crippen molar-refractivity contribution in [3.8, 4) is 0 Å². The molecule has 0 aliphatic heterocycles. The molecule has 2 aromatic rings. The highest BCUT2D eigenvalue weighted by Crippen LogP contribution is 2.39. The van der Waals surface area contributed by atoms with Gasteiger partial charge in [-0.05, 0) is 74.6 Å². The first kappa shape index (κ1) is 20.5. The number of halogens is 1. The summed E-state index contributed by atoms with van der Waals surface area (Å²) in [5.41, 5.74) is 4.00. The number of fused-ring (bicyclic) bond motifs is 2. The highest BCUT2D eigenvalue weighted by atomic mass is 32.2. The molecule has 6 nitrogen and oxygen atoms in total. The first-order valence-corrected chi connectivity index (χ1v) is 12.1. The summed E-state index contributed by atoms with van der Waals surface area (Å²) >= 11 is 0.789. The van der Waals surface area contributed by atoms with E-state index < -0.39 is 27.4 Å². The Hall–Kier alpha value is -1.81. The molecule has 0 spiro atoms. The molecule has 1 aromatic heterocycles. The lowest BCUT2D eigenvalue weighted by atomic mass is 9.99. The zero-order valence-electron chi connectivity index (χ0n) is 16.4. The molecule has 29 heavy (non-hydrogen) atoms. The standard InChI is InChI=1S/C20H24FN3O3S2/c1-20(2,26)15-10-28-18(16(15)21)29(22,27)24-19(25)23-17-13-7-3-5-11(13)9-12-6-4-8-14(12)17/h9-10,26H,3-8H2,1-2H3,(H3,22,23,24,25,27). The number of anilines is 1. The molecule has 1 unspecified atom stereocenters. The molecule has 156 valence electrons. The summed E-state index contributed by atoms with van der Waals surface area (Å²) in [5, 5.41) is 19.9. The van der Waals surface area contributed by atoms with Gasteiger partial charge >= 0.3 is 6.03 Å². The fraction of sp³-hybridized carbons (Fsp3) is 0.450. The third kappa shape index (κ3) is 3.72. The Bertz CT molecular complexity index is 1090. The molecule has 0 saturated carbocycles. The number of hydrogen-bond acceptors (Lipinski definition) is 4. The first-order chi connectivity index (χ1) is 13.6. The molecule has 0 saturated heterocycles. The van der Waals surface area contributed by atoms with E-state index in [0.717, 1.165) is 66.7 Å². The number of thiophene rings is 1. The van der Waals surface area contributed by atoms with E-state index in [4.69, 9.17) is 5.14 Å². The fourth-order valence-corrected chi connectivity index (χ4v) is 6.58. The number of nitrogens with zero attached hydrogens (tertiary/aromatic N) is 1. The molecule has 0 bridgehead atoms. The Kier molecular flexibility index (Phi) is 5.05. The van der Waals surface area contributed by atoms with Gasteiger partial charge in [0, 0.05) is 16.6 Å². The van der Waals surface area contributed by atoms with Gasteiger partial charge in [0.05, 0.1) is 5.60 Å². The largest absolute Gasteiger partial charge is 0.386 e. The maximum atomic E-state index is 14.7. The van der Waals surface area contributed by atoms with Crippen LogP contribution in [0.5, 0.6) is 0 Å². The van der Waals surface area contributed by atoms with E-state index >= 15 is 0 Å². The van der Waals surface area contributed by atoms with Crippen molar-refractivity contribution < 1.29 is 18.5 Å². The number of aliphatic hydroxyl groups is 1. The summed E-state index contributed by atoms with van der Waals surface area (Å²) in [6.07, 6.45) is 5.79. The molecule has 1 aromatic carbocycles. The van der Waals surface area contributed by atoms with Crippen molar-refractivity contribution in [2.45, 2.75) is 62.2 Å². The molecule has 2 aliphatic rings. The van der Waals surface area contributed by atoms with Gasteiger partial charge in [-0.3, -0.25) is 0 Å². The molecule has 1 atom stereocenters. The van der Waals surface area contributed by atoms with Crippen LogP contribution in [0.2, 0.25) is 0 Å². The van der Waals surface area contributed by atoms with Gasteiger partial charge in [0.2, 0.25) is 0 Å². The third-order valence-corrected chi connectivity index (χ3v) is 8.45. The SMILES string of the molecule is CC(C)(O)c1csc(S(N)(=O)=NC(=O)Nc2c3c(cc4c2CCC4)CCC3)c1F. The minimum atomic E-state index is -3.78. The molecule has 2 amide bonds. The van der Waals surface area contributed by atoms with Gasteiger partial charge in [0.1, 0.15) is 0 Å². The zero-order valence-corrected chi connectivity index (χ0v) is 18.0. The Balaban J connectivity index is 1.68. The van der Waals surface area contributed by atoms with Gasteiger partial charge in [-0.1, -0.05) is 6.07 Å². The molecular weight excluding hydrogens is 413 g/mol. The average molecular weight is 438 g/mol. The van der Waals surface area contributed by atoms with E-state index in [1.165, 1.54) is 30.4 Å². The van der Waals surface area contributed by atoms with Crippen LogP contribution in [-0.4, -0.2) is 15.3 Å². The maximum Gasteiger partial charge on any atom is 0.354 e. The third-order valence-electron chi connectivity index (χ3n) is 5.55. The summed E-state index contributed by atoms with van der Waals surface area (Å²) in [4.78, 5) is 12.6. The molecule has 2 aliphatic carbocycles. The topological polar surface area (TPSA) is 105 Å². The molecule has 4 N–H and O–H groups in total. The van der Waals surface area contributed by atoms with Crippen molar-refractivity contribution in [1.29, 1.82) is 0 Å². The first-order valence-electron chi connectivity index (χ1n) is 9.60. The molecule has 0 radical (unpaired) electrons. The Morgan fingerprint density at radius 2 is 1.83 bits per heavy atom. The normalized spacial score (nSPS) is 17.6. The van der Waals surface area contributed by atoms with Crippen molar-refractivity contribution in [1.82, 2.24) is 0 Å². The van der Waals surface area contributed by atoms with E-state index in [0.29, 0.717) is 0 Å². The number of aryl methyl sites for hydroxylation is 2. The number of benzene rings is 1. The highest BCUT2D eigenvalue weighted by Gasteiger charge is 2.29. The van der Waals surface area contributed by atoms with Gasteiger partial charge in [-0.2, -0.15) is 0 Å². The number of nitrogens with one attached hydrogen (secondary N) is 1. The number of urea groups is 1. The predicted molar refractivity (Wildman–Crippen MR) is 112 cm³/mol. The van der Waals surface area contributed by atoms with Crippen molar-refractivity contribution in [2.75, 3.05) is 5.32 Å². The Morgan fingerprint density at radius 1 is 1.24 bits per heavy atom. The quantitative estimate of drug-likeness (QED) is 0.675. The number of nitrogens with two attached hydrogens (primary N) is 1. The van der Waals surface area contributed by atoms with E-state index in [2.05, 4.69) is 15.7 Å². The van der Waals surface area contributed by atoms with Gasteiger partial charge in [0.25, 0.3) is 0 Å². The van der Waals surface area contributed by atoms with Crippen LogP contribution in [0.1, 0.15) is 54.5 Å². The predicted octanol–water partition coefficient (Wildman–Crippen LogP) is 4.02. The lowest BCUT2D eigenvalue weighted by Gasteiger charge is -2.16. The van der Waals surface area contributed by atoms with E-state index in [1.807, 2.05) is 0 Å². The molecular formula is C20H24FN3O3S2. The van der Waals surface area contributed by atoms with Gasteiger partial charge in [-0.15, -0.1) is 15.7 Å². The minimum Gasteiger partial charge on any atom is -0.386 e. The second-order valence-electron chi connectivity index (χ2n) is 8.13. The lowest BCUT2D eigenvalue weighted by Crippen LogP contribution is -2.20. The summed E-state index contributed by atoms with van der Waals surface area (Å²) < 4.78 is 30.8. The maximum absolute atomic E-state index is 14.7. The average Bonchev–Trinajstić information content (AvgIpc) is 3.31. The summed E-state index contributed by atoms with van der Waals surface area (Å²) in [6, 6.07) is 1.40. The van der Waals surface area contributed by atoms with E-state index in [1.54, 1.807) is 0 Å². The van der Waals surface area contributed by atoms with E-state index in [-0.39, 0.29) is 9.77 Å². The van der Waals surface area contributed by atoms with Crippen LogP contribution in [-0.2, 0) is 41.2 Å². The van der Waals surface area contributed by atoms with Crippen molar-refractivity contribution in [2.24, 2.45) is 9.50 Å². The second kappa shape index (κ2) is 7.16. The minimum absolute atomic E-state index is 0.0232. The smallest absolute Gasteiger partial charge is 0.354 e. The molecule has 1 heterocycles. The van der Waals surface area contributed by atoms with Gasteiger partial charge < -0.3 is 10.4 Å². The highest BCUT2D eigenvalue weighted by molar-refractivity contribution is 7.93.